The topological polar surface area (TPSA) is 29.9 Å². The van der Waals surface area contributed by atoms with Gasteiger partial charge in [0.25, 0.3) is 0 Å². The van der Waals surface area contributed by atoms with Crippen molar-refractivity contribution in [3.63, 3.8) is 0 Å². The molecule has 1 N–H and O–H groups in total. The molecule has 0 aliphatic rings. The first-order valence-electron chi connectivity index (χ1n) is 7.21. The summed E-state index contributed by atoms with van der Waals surface area (Å²) >= 11 is 0. The number of aryl methyl sites for hydroxylation is 1. The van der Waals surface area contributed by atoms with Gasteiger partial charge in [0.05, 0.1) is 11.0 Å². The lowest BCUT2D eigenvalue weighted by atomic mass is 10.2. The van der Waals surface area contributed by atoms with Gasteiger partial charge in [-0.3, -0.25) is 0 Å². The van der Waals surface area contributed by atoms with Gasteiger partial charge in [0.1, 0.15) is 11.9 Å². The molecule has 0 saturated heterocycles. The van der Waals surface area contributed by atoms with Crippen molar-refractivity contribution < 1.29 is 13.2 Å². The maximum atomic E-state index is 13.1. The van der Waals surface area contributed by atoms with Crippen LogP contribution in [0.1, 0.15) is 26.1 Å². The molecular weight excluding hydrogens is 279 g/mol. The Labute approximate surface area is 122 Å². The van der Waals surface area contributed by atoms with Crippen molar-refractivity contribution in [2.75, 3.05) is 6.54 Å². The number of imidazole rings is 1. The number of nitrogens with one attached hydrogen (secondary N) is 1. The minimum atomic E-state index is -4.27. The summed E-state index contributed by atoms with van der Waals surface area (Å²) in [4.78, 5) is 4.39. The number of nitrogens with zero attached hydrogens (tertiary/aromatic N) is 2. The molecule has 116 valence electrons. The number of alkyl halides is 3. The average Bonchev–Trinajstić information content (AvgIpc) is 2.76. The first-order valence-corrected chi connectivity index (χ1v) is 7.21. The second-order valence-corrected chi connectivity index (χ2v) is 5.02. The summed E-state index contributed by atoms with van der Waals surface area (Å²) in [6, 6.07) is 5.90. The van der Waals surface area contributed by atoms with Crippen LogP contribution in [-0.2, 0) is 13.0 Å². The van der Waals surface area contributed by atoms with E-state index in [9.17, 15) is 13.2 Å². The van der Waals surface area contributed by atoms with Crippen LogP contribution in [-0.4, -0.2) is 28.3 Å². The van der Waals surface area contributed by atoms with E-state index in [-0.39, 0.29) is 13.0 Å². The summed E-state index contributed by atoms with van der Waals surface area (Å²) < 4.78 is 41.1. The van der Waals surface area contributed by atoms with Gasteiger partial charge in [-0.1, -0.05) is 26.0 Å². The normalized spacial score (nSPS) is 13.8. The molecule has 6 heteroatoms. The summed E-state index contributed by atoms with van der Waals surface area (Å²) in [7, 11) is 0. The highest BCUT2D eigenvalue weighted by Gasteiger charge is 2.39. The van der Waals surface area contributed by atoms with E-state index in [2.05, 4.69) is 10.3 Å². The smallest absolute Gasteiger partial charge is 0.328 e. The molecular formula is C15H20F3N3. The number of aromatic nitrogens is 2. The van der Waals surface area contributed by atoms with Crippen molar-refractivity contribution in [2.45, 2.75) is 45.5 Å². The number of halogens is 3. The van der Waals surface area contributed by atoms with Crippen molar-refractivity contribution in [3.8, 4) is 0 Å². The summed E-state index contributed by atoms with van der Waals surface area (Å²) in [5.74, 6) is 0.487. The van der Waals surface area contributed by atoms with Gasteiger partial charge in [0.15, 0.2) is 0 Å². The Hall–Kier alpha value is -1.56. The van der Waals surface area contributed by atoms with Gasteiger partial charge in [-0.25, -0.2) is 4.98 Å². The Bertz CT molecular complexity index is 589. The van der Waals surface area contributed by atoms with E-state index in [0.29, 0.717) is 12.4 Å². The molecule has 1 unspecified atom stereocenters. The molecule has 1 aromatic carbocycles. The van der Waals surface area contributed by atoms with Crippen LogP contribution < -0.4 is 5.32 Å². The average molecular weight is 299 g/mol. The monoisotopic (exact) mass is 299 g/mol. The standard InChI is InChI=1S/C15H20F3N3/c1-3-9-21-12-8-6-5-7-11(12)20-14(21)10-13(19-4-2)15(16,17)18/h5-8,13,19H,3-4,9-10H2,1-2H3. The molecule has 21 heavy (non-hydrogen) atoms. The lowest BCUT2D eigenvalue weighted by Crippen LogP contribution is -2.44. The largest absolute Gasteiger partial charge is 0.404 e. The van der Waals surface area contributed by atoms with Gasteiger partial charge in [-0.2, -0.15) is 13.2 Å². The molecule has 0 fully saturated rings. The second kappa shape index (κ2) is 6.47. The third-order valence-corrected chi connectivity index (χ3v) is 3.41. The number of fused-ring (bicyclic) bond motifs is 1. The molecule has 3 nitrogen and oxygen atoms in total. The van der Waals surface area contributed by atoms with Gasteiger partial charge in [-0.15, -0.1) is 0 Å². The highest BCUT2D eigenvalue weighted by atomic mass is 19.4. The number of hydrogen-bond donors (Lipinski definition) is 1. The van der Waals surface area contributed by atoms with Gasteiger partial charge in [0.2, 0.25) is 0 Å². The van der Waals surface area contributed by atoms with E-state index in [0.717, 1.165) is 17.5 Å². The van der Waals surface area contributed by atoms with E-state index in [1.54, 1.807) is 6.92 Å². The minimum absolute atomic E-state index is 0.147. The van der Waals surface area contributed by atoms with Crippen LogP contribution in [0.3, 0.4) is 0 Å². The first kappa shape index (κ1) is 15.8. The lowest BCUT2D eigenvalue weighted by molar-refractivity contribution is -0.155. The molecule has 0 saturated carbocycles. The van der Waals surface area contributed by atoms with Crippen LogP contribution in [0.15, 0.2) is 24.3 Å². The van der Waals surface area contributed by atoms with Crippen molar-refractivity contribution in [1.29, 1.82) is 0 Å². The van der Waals surface area contributed by atoms with E-state index < -0.39 is 12.2 Å². The molecule has 1 aromatic heterocycles. The van der Waals surface area contributed by atoms with Crippen LogP contribution in [0.5, 0.6) is 0 Å². The van der Waals surface area contributed by atoms with Gasteiger partial charge in [-0.05, 0) is 25.1 Å². The molecule has 0 spiro atoms. The molecule has 0 bridgehead atoms. The second-order valence-electron chi connectivity index (χ2n) is 5.02. The van der Waals surface area contributed by atoms with E-state index in [1.165, 1.54) is 0 Å². The Kier molecular flexibility index (Phi) is 4.88. The first-order chi connectivity index (χ1) is 9.97. The van der Waals surface area contributed by atoms with Crippen LogP contribution in [0, 0.1) is 0 Å². The van der Waals surface area contributed by atoms with E-state index in [4.69, 9.17) is 0 Å². The number of para-hydroxylation sites is 2. The highest BCUT2D eigenvalue weighted by molar-refractivity contribution is 5.75. The fourth-order valence-electron chi connectivity index (χ4n) is 2.49. The SMILES string of the molecule is CCCn1c(CC(NCC)C(F)(F)F)nc2ccccc21. The molecule has 0 aliphatic heterocycles. The van der Waals surface area contributed by atoms with E-state index >= 15 is 0 Å². The van der Waals surface area contributed by atoms with Crippen LogP contribution in [0.25, 0.3) is 11.0 Å². The Balaban J connectivity index is 2.38. The molecule has 1 atom stereocenters. The van der Waals surface area contributed by atoms with Gasteiger partial charge in [0, 0.05) is 13.0 Å². The summed E-state index contributed by atoms with van der Waals surface area (Å²) in [6.07, 6.45) is -3.57. The zero-order valence-electron chi connectivity index (χ0n) is 12.2. The fraction of sp³-hybridized carbons (Fsp3) is 0.533. The van der Waals surface area contributed by atoms with Crippen molar-refractivity contribution in [2.24, 2.45) is 0 Å². The third kappa shape index (κ3) is 3.56. The molecule has 0 amide bonds. The zero-order valence-corrected chi connectivity index (χ0v) is 12.2. The quantitative estimate of drug-likeness (QED) is 0.884. The Morgan fingerprint density at radius 2 is 1.95 bits per heavy atom. The zero-order chi connectivity index (χ0) is 15.5. The summed E-state index contributed by atoms with van der Waals surface area (Å²) in [5, 5.41) is 2.51. The fourth-order valence-corrected chi connectivity index (χ4v) is 2.49. The molecule has 0 radical (unpaired) electrons. The van der Waals surface area contributed by atoms with E-state index in [1.807, 2.05) is 35.8 Å². The maximum Gasteiger partial charge on any atom is 0.404 e. The number of rotatable bonds is 6. The molecule has 2 rings (SSSR count). The van der Waals surface area contributed by atoms with Crippen LogP contribution >= 0.6 is 0 Å². The number of likely N-dealkylation sites (N-methyl/N-ethyl adjacent to an activating group) is 1. The third-order valence-electron chi connectivity index (χ3n) is 3.41. The predicted octanol–water partition coefficient (Wildman–Crippen LogP) is 3.53. The Morgan fingerprint density at radius 3 is 2.57 bits per heavy atom. The van der Waals surface area contributed by atoms with Gasteiger partial charge < -0.3 is 9.88 Å². The minimum Gasteiger partial charge on any atom is -0.328 e. The Morgan fingerprint density at radius 1 is 1.24 bits per heavy atom. The summed E-state index contributed by atoms with van der Waals surface area (Å²) in [6.45, 7) is 4.63. The molecule has 1 heterocycles. The number of benzene rings is 1. The van der Waals surface area contributed by atoms with Crippen molar-refractivity contribution in [3.05, 3.63) is 30.1 Å². The van der Waals surface area contributed by atoms with Crippen molar-refractivity contribution >= 4 is 11.0 Å². The maximum absolute atomic E-state index is 13.1. The molecule has 2 aromatic rings. The van der Waals surface area contributed by atoms with Crippen LogP contribution in [0.4, 0.5) is 13.2 Å². The predicted molar refractivity (Wildman–Crippen MR) is 77.2 cm³/mol. The highest BCUT2D eigenvalue weighted by Crippen LogP contribution is 2.25. The molecule has 0 aliphatic carbocycles. The van der Waals surface area contributed by atoms with Gasteiger partial charge >= 0.3 is 6.18 Å². The number of hydrogen-bond acceptors (Lipinski definition) is 2. The summed E-state index contributed by atoms with van der Waals surface area (Å²) in [5.41, 5.74) is 1.64. The lowest BCUT2D eigenvalue weighted by Gasteiger charge is -2.21. The van der Waals surface area contributed by atoms with Crippen LogP contribution in [0.2, 0.25) is 0 Å². The van der Waals surface area contributed by atoms with Crippen molar-refractivity contribution in [1.82, 2.24) is 14.9 Å².